The van der Waals surface area contributed by atoms with Crippen molar-refractivity contribution in [3.8, 4) is 5.75 Å². The second kappa shape index (κ2) is 7.86. The summed E-state index contributed by atoms with van der Waals surface area (Å²) >= 11 is 5.66. The maximum atomic E-state index is 13.4. The minimum atomic E-state index is -0.410. The van der Waals surface area contributed by atoms with Gasteiger partial charge in [-0.25, -0.2) is 4.39 Å². The van der Waals surface area contributed by atoms with Crippen molar-refractivity contribution in [3.63, 3.8) is 0 Å². The molecule has 0 atom stereocenters. The summed E-state index contributed by atoms with van der Waals surface area (Å²) < 4.78 is 23.8. The molecular formula is C16H17ClFNO2. The van der Waals surface area contributed by atoms with Crippen LogP contribution in [-0.2, 0) is 11.3 Å². The summed E-state index contributed by atoms with van der Waals surface area (Å²) in [5, 5.41) is 3.35. The lowest BCUT2D eigenvalue weighted by molar-refractivity contribution is 0.146. The molecule has 0 aliphatic rings. The third-order valence-electron chi connectivity index (χ3n) is 2.87. The summed E-state index contributed by atoms with van der Waals surface area (Å²) in [5.41, 5.74) is 1.72. The van der Waals surface area contributed by atoms with E-state index in [1.165, 1.54) is 6.07 Å². The molecule has 0 amide bonds. The summed E-state index contributed by atoms with van der Waals surface area (Å²) in [5.74, 6) is 0.354. The molecule has 0 saturated heterocycles. The van der Waals surface area contributed by atoms with Gasteiger partial charge in [0.05, 0.1) is 11.6 Å². The molecule has 0 radical (unpaired) electrons. The Balaban J connectivity index is 1.93. The van der Waals surface area contributed by atoms with E-state index in [4.69, 9.17) is 21.1 Å². The Bertz CT molecular complexity index is 592. The zero-order valence-corrected chi connectivity index (χ0v) is 12.5. The lowest BCUT2D eigenvalue weighted by atomic mass is 10.2. The number of halogens is 2. The van der Waals surface area contributed by atoms with Crippen LogP contribution < -0.4 is 10.1 Å². The molecule has 0 aliphatic heterocycles. The van der Waals surface area contributed by atoms with Crippen molar-refractivity contribution in [2.45, 2.75) is 6.54 Å². The van der Waals surface area contributed by atoms with Crippen LogP contribution in [0.4, 0.5) is 10.1 Å². The summed E-state index contributed by atoms with van der Waals surface area (Å²) in [6.07, 6.45) is 0. The SMILES string of the molecule is COCCOc1cccc(NCc2ccc(Cl)c(F)c2)c1. The molecule has 5 heteroatoms. The van der Waals surface area contributed by atoms with E-state index in [0.29, 0.717) is 19.8 Å². The van der Waals surface area contributed by atoms with Gasteiger partial charge >= 0.3 is 0 Å². The van der Waals surface area contributed by atoms with E-state index in [1.54, 1.807) is 19.2 Å². The minimum absolute atomic E-state index is 0.132. The quantitative estimate of drug-likeness (QED) is 0.781. The summed E-state index contributed by atoms with van der Waals surface area (Å²) in [6.45, 7) is 1.56. The molecule has 112 valence electrons. The van der Waals surface area contributed by atoms with Crippen molar-refractivity contribution in [2.24, 2.45) is 0 Å². The molecule has 1 N–H and O–H groups in total. The third kappa shape index (κ3) is 4.92. The number of anilines is 1. The van der Waals surface area contributed by atoms with Crippen LogP contribution in [0.3, 0.4) is 0 Å². The average Bonchev–Trinajstić information content (AvgIpc) is 2.49. The largest absolute Gasteiger partial charge is 0.491 e. The fraction of sp³-hybridized carbons (Fsp3) is 0.250. The van der Waals surface area contributed by atoms with Gasteiger partial charge in [-0.05, 0) is 29.8 Å². The molecule has 0 unspecified atom stereocenters. The van der Waals surface area contributed by atoms with E-state index in [2.05, 4.69) is 5.32 Å². The Labute approximate surface area is 128 Å². The summed E-state index contributed by atoms with van der Waals surface area (Å²) in [4.78, 5) is 0. The topological polar surface area (TPSA) is 30.5 Å². The number of hydrogen-bond acceptors (Lipinski definition) is 3. The zero-order chi connectivity index (χ0) is 15.1. The highest BCUT2D eigenvalue weighted by Crippen LogP contribution is 2.19. The zero-order valence-electron chi connectivity index (χ0n) is 11.7. The van der Waals surface area contributed by atoms with Crippen LogP contribution in [0.15, 0.2) is 42.5 Å². The Morgan fingerprint density at radius 2 is 2.00 bits per heavy atom. The van der Waals surface area contributed by atoms with Crippen LogP contribution in [-0.4, -0.2) is 20.3 Å². The van der Waals surface area contributed by atoms with Crippen molar-refractivity contribution in [1.82, 2.24) is 0 Å². The highest BCUT2D eigenvalue weighted by molar-refractivity contribution is 6.30. The van der Waals surface area contributed by atoms with Crippen molar-refractivity contribution in [3.05, 3.63) is 58.9 Å². The van der Waals surface area contributed by atoms with Gasteiger partial charge in [-0.1, -0.05) is 23.7 Å². The number of benzene rings is 2. The molecule has 0 saturated carbocycles. The molecule has 0 fully saturated rings. The number of hydrogen-bond donors (Lipinski definition) is 1. The smallest absolute Gasteiger partial charge is 0.142 e. The van der Waals surface area contributed by atoms with E-state index in [1.807, 2.05) is 24.3 Å². The first-order valence-electron chi connectivity index (χ1n) is 6.58. The fourth-order valence-corrected chi connectivity index (χ4v) is 1.91. The van der Waals surface area contributed by atoms with Crippen LogP contribution in [0.5, 0.6) is 5.75 Å². The van der Waals surface area contributed by atoms with E-state index < -0.39 is 5.82 Å². The lowest BCUT2D eigenvalue weighted by Gasteiger charge is -2.10. The number of ether oxygens (including phenoxy) is 2. The lowest BCUT2D eigenvalue weighted by Crippen LogP contribution is -2.05. The fourth-order valence-electron chi connectivity index (χ4n) is 1.79. The van der Waals surface area contributed by atoms with Crippen LogP contribution in [0.1, 0.15) is 5.56 Å². The Morgan fingerprint density at radius 1 is 1.14 bits per heavy atom. The van der Waals surface area contributed by atoms with E-state index in [-0.39, 0.29) is 5.02 Å². The molecule has 2 aromatic carbocycles. The predicted molar refractivity (Wildman–Crippen MR) is 82.5 cm³/mol. The first-order chi connectivity index (χ1) is 10.2. The van der Waals surface area contributed by atoms with Crippen LogP contribution in [0.25, 0.3) is 0 Å². The predicted octanol–water partition coefficient (Wildman–Crippen LogP) is 4.12. The van der Waals surface area contributed by atoms with Gasteiger partial charge in [0.1, 0.15) is 18.2 Å². The third-order valence-corrected chi connectivity index (χ3v) is 3.18. The molecule has 2 rings (SSSR count). The first-order valence-corrected chi connectivity index (χ1v) is 6.96. The molecular weight excluding hydrogens is 293 g/mol. The monoisotopic (exact) mass is 309 g/mol. The molecule has 0 bridgehead atoms. The van der Waals surface area contributed by atoms with Crippen molar-refractivity contribution in [2.75, 3.05) is 25.6 Å². The van der Waals surface area contributed by atoms with Crippen LogP contribution >= 0.6 is 11.6 Å². The molecule has 0 aliphatic carbocycles. The standard InChI is InChI=1S/C16H17ClFNO2/c1-20-7-8-21-14-4-2-3-13(10-14)19-11-12-5-6-15(17)16(18)9-12/h2-6,9-10,19H,7-8,11H2,1H3. The van der Waals surface area contributed by atoms with Crippen molar-refractivity contribution >= 4 is 17.3 Å². The summed E-state index contributed by atoms with van der Waals surface area (Å²) in [6, 6.07) is 12.4. The number of rotatable bonds is 7. The maximum absolute atomic E-state index is 13.4. The van der Waals surface area contributed by atoms with Gasteiger partial charge in [0.2, 0.25) is 0 Å². The van der Waals surface area contributed by atoms with E-state index >= 15 is 0 Å². The second-order valence-corrected chi connectivity index (χ2v) is 4.88. The van der Waals surface area contributed by atoms with E-state index in [0.717, 1.165) is 17.0 Å². The second-order valence-electron chi connectivity index (χ2n) is 4.47. The number of methoxy groups -OCH3 is 1. The summed E-state index contributed by atoms with van der Waals surface area (Å²) in [7, 11) is 1.63. The highest BCUT2D eigenvalue weighted by atomic mass is 35.5. The maximum Gasteiger partial charge on any atom is 0.142 e. The average molecular weight is 310 g/mol. The molecule has 2 aromatic rings. The number of nitrogens with one attached hydrogen (secondary N) is 1. The minimum Gasteiger partial charge on any atom is -0.491 e. The molecule has 0 aromatic heterocycles. The Hall–Kier alpha value is -1.78. The molecule has 3 nitrogen and oxygen atoms in total. The van der Waals surface area contributed by atoms with Gasteiger partial charge in [0.25, 0.3) is 0 Å². The van der Waals surface area contributed by atoms with E-state index in [9.17, 15) is 4.39 Å². The first kappa shape index (κ1) is 15.6. The van der Waals surface area contributed by atoms with Gasteiger partial charge in [-0.3, -0.25) is 0 Å². The van der Waals surface area contributed by atoms with Crippen molar-refractivity contribution in [1.29, 1.82) is 0 Å². The van der Waals surface area contributed by atoms with Gasteiger partial charge in [-0.15, -0.1) is 0 Å². The van der Waals surface area contributed by atoms with Crippen LogP contribution in [0, 0.1) is 5.82 Å². The molecule has 0 heterocycles. The van der Waals surface area contributed by atoms with Gasteiger partial charge < -0.3 is 14.8 Å². The highest BCUT2D eigenvalue weighted by Gasteiger charge is 2.02. The normalized spacial score (nSPS) is 10.4. The Morgan fingerprint density at radius 3 is 2.76 bits per heavy atom. The Kier molecular flexibility index (Phi) is 5.84. The van der Waals surface area contributed by atoms with Crippen molar-refractivity contribution < 1.29 is 13.9 Å². The molecule has 0 spiro atoms. The van der Waals surface area contributed by atoms with Gasteiger partial charge in [0.15, 0.2) is 0 Å². The molecule has 21 heavy (non-hydrogen) atoms. The van der Waals surface area contributed by atoms with Crippen LogP contribution in [0.2, 0.25) is 5.02 Å². The van der Waals surface area contributed by atoms with Gasteiger partial charge in [-0.2, -0.15) is 0 Å². The van der Waals surface area contributed by atoms with Gasteiger partial charge in [0, 0.05) is 25.4 Å².